The molecule has 20 heavy (non-hydrogen) atoms. The summed E-state index contributed by atoms with van der Waals surface area (Å²) in [6.07, 6.45) is 2.10. The molecule has 1 aliphatic rings. The second-order valence-electron chi connectivity index (χ2n) is 5.47. The van der Waals surface area contributed by atoms with Crippen LogP contribution < -0.4 is 5.32 Å². The van der Waals surface area contributed by atoms with Crippen molar-refractivity contribution in [1.29, 1.82) is 0 Å². The van der Waals surface area contributed by atoms with E-state index in [-0.39, 0.29) is 10.7 Å². The summed E-state index contributed by atoms with van der Waals surface area (Å²) in [4.78, 5) is 12.9. The molecule has 0 bridgehead atoms. The molecular formula is C14H20ClN3O2. The average molecular weight is 298 g/mol. The highest BCUT2D eigenvalue weighted by molar-refractivity contribution is 6.32. The quantitative estimate of drug-likeness (QED) is 0.682. The lowest BCUT2D eigenvalue weighted by molar-refractivity contribution is -0.384. The number of hydrogen-bond acceptors (Lipinski definition) is 4. The third-order valence-corrected chi connectivity index (χ3v) is 4.09. The van der Waals surface area contributed by atoms with Crippen molar-refractivity contribution in [3.8, 4) is 0 Å². The van der Waals surface area contributed by atoms with E-state index in [1.54, 1.807) is 12.1 Å². The molecule has 0 radical (unpaired) electrons. The number of nitrogens with one attached hydrogen (secondary N) is 1. The van der Waals surface area contributed by atoms with E-state index in [1.165, 1.54) is 6.07 Å². The van der Waals surface area contributed by atoms with Crippen LogP contribution in [0.3, 0.4) is 0 Å². The molecule has 0 amide bonds. The van der Waals surface area contributed by atoms with Crippen LogP contribution in [0, 0.1) is 10.1 Å². The number of nitro benzene ring substituents is 1. The lowest BCUT2D eigenvalue weighted by atomic mass is 10.0. The highest BCUT2D eigenvalue weighted by Crippen LogP contribution is 2.28. The zero-order chi connectivity index (χ0) is 14.7. The minimum absolute atomic E-state index is 0.0451. The number of anilines is 1. The zero-order valence-electron chi connectivity index (χ0n) is 11.8. The lowest BCUT2D eigenvalue weighted by Crippen LogP contribution is -2.42. The Morgan fingerprint density at radius 2 is 2.05 bits per heavy atom. The maximum atomic E-state index is 10.9. The van der Waals surface area contributed by atoms with Gasteiger partial charge in [-0.1, -0.05) is 11.6 Å². The number of nitro groups is 1. The summed E-state index contributed by atoms with van der Waals surface area (Å²) >= 11 is 5.81. The summed E-state index contributed by atoms with van der Waals surface area (Å²) in [5.74, 6) is 0. The first kappa shape index (κ1) is 15.1. The molecule has 1 N–H and O–H groups in total. The summed E-state index contributed by atoms with van der Waals surface area (Å²) < 4.78 is 0. The van der Waals surface area contributed by atoms with Crippen LogP contribution in [-0.2, 0) is 0 Å². The van der Waals surface area contributed by atoms with Gasteiger partial charge in [0, 0.05) is 36.9 Å². The predicted molar refractivity (Wildman–Crippen MR) is 81.5 cm³/mol. The fourth-order valence-corrected chi connectivity index (χ4v) is 2.72. The summed E-state index contributed by atoms with van der Waals surface area (Å²) in [5, 5.41) is 14.4. The van der Waals surface area contributed by atoms with Crippen molar-refractivity contribution in [2.75, 3.05) is 18.4 Å². The summed E-state index contributed by atoms with van der Waals surface area (Å²) in [6, 6.07) is 5.82. The van der Waals surface area contributed by atoms with Crippen molar-refractivity contribution < 1.29 is 4.92 Å². The largest absolute Gasteiger partial charge is 0.382 e. The van der Waals surface area contributed by atoms with Gasteiger partial charge >= 0.3 is 0 Å². The van der Waals surface area contributed by atoms with Gasteiger partial charge in [-0.15, -0.1) is 0 Å². The Bertz CT molecular complexity index is 485. The molecule has 1 aromatic carbocycles. The standard InChI is InChI=1S/C14H20ClN3O2/c1-10(2)17-7-5-11(6-8-17)16-12-3-4-13(15)14(9-12)18(19)20/h3-4,9-11,16H,5-8H2,1-2H3. The molecule has 6 heteroatoms. The van der Waals surface area contributed by atoms with Crippen LogP contribution in [0.1, 0.15) is 26.7 Å². The molecule has 0 saturated carbocycles. The predicted octanol–water partition coefficient (Wildman–Crippen LogP) is 3.53. The van der Waals surface area contributed by atoms with Crippen molar-refractivity contribution in [2.24, 2.45) is 0 Å². The van der Waals surface area contributed by atoms with E-state index in [0.717, 1.165) is 31.6 Å². The van der Waals surface area contributed by atoms with Crippen LogP contribution >= 0.6 is 11.6 Å². The number of rotatable bonds is 4. The highest BCUT2D eigenvalue weighted by atomic mass is 35.5. The lowest BCUT2D eigenvalue weighted by Gasteiger charge is -2.35. The normalized spacial score (nSPS) is 17.4. The smallest absolute Gasteiger partial charge is 0.289 e. The van der Waals surface area contributed by atoms with Gasteiger partial charge in [0.25, 0.3) is 5.69 Å². The second-order valence-corrected chi connectivity index (χ2v) is 5.88. The minimum Gasteiger partial charge on any atom is -0.382 e. The number of benzene rings is 1. The van der Waals surface area contributed by atoms with Crippen LogP contribution in [0.2, 0.25) is 5.02 Å². The van der Waals surface area contributed by atoms with Crippen molar-refractivity contribution in [3.63, 3.8) is 0 Å². The van der Waals surface area contributed by atoms with E-state index in [2.05, 4.69) is 24.1 Å². The van der Waals surface area contributed by atoms with Crippen molar-refractivity contribution in [1.82, 2.24) is 4.90 Å². The Labute approximate surface area is 124 Å². The fourth-order valence-electron chi connectivity index (χ4n) is 2.54. The summed E-state index contributed by atoms with van der Waals surface area (Å²) in [7, 11) is 0. The van der Waals surface area contributed by atoms with Gasteiger partial charge in [0.2, 0.25) is 0 Å². The van der Waals surface area contributed by atoms with Crippen molar-refractivity contribution >= 4 is 23.0 Å². The van der Waals surface area contributed by atoms with Crippen LogP contribution in [0.25, 0.3) is 0 Å². The number of piperidine rings is 1. The molecule has 1 aromatic rings. The molecule has 1 saturated heterocycles. The van der Waals surface area contributed by atoms with E-state index in [0.29, 0.717) is 12.1 Å². The van der Waals surface area contributed by atoms with Gasteiger partial charge in [-0.05, 0) is 38.8 Å². The molecule has 0 atom stereocenters. The van der Waals surface area contributed by atoms with Gasteiger partial charge in [-0.3, -0.25) is 10.1 Å². The number of nitrogens with zero attached hydrogens (tertiary/aromatic N) is 2. The molecule has 1 heterocycles. The molecule has 1 fully saturated rings. The van der Waals surface area contributed by atoms with Gasteiger partial charge in [0.1, 0.15) is 5.02 Å². The van der Waals surface area contributed by atoms with E-state index >= 15 is 0 Å². The molecule has 0 aromatic heterocycles. The third kappa shape index (κ3) is 3.61. The number of hydrogen-bond donors (Lipinski definition) is 1. The Kier molecular flexibility index (Phi) is 4.83. The maximum Gasteiger partial charge on any atom is 0.289 e. The van der Waals surface area contributed by atoms with Gasteiger partial charge in [0.15, 0.2) is 0 Å². The first-order valence-electron chi connectivity index (χ1n) is 6.92. The second kappa shape index (κ2) is 6.41. The van der Waals surface area contributed by atoms with Crippen LogP contribution in [0.5, 0.6) is 0 Å². The molecule has 5 nitrogen and oxygen atoms in total. The van der Waals surface area contributed by atoms with Crippen LogP contribution in [0.15, 0.2) is 18.2 Å². The van der Waals surface area contributed by atoms with Crippen molar-refractivity contribution in [3.05, 3.63) is 33.3 Å². The first-order chi connectivity index (χ1) is 9.47. The Balaban J connectivity index is 1.98. The first-order valence-corrected chi connectivity index (χ1v) is 7.29. The molecule has 1 aliphatic heterocycles. The maximum absolute atomic E-state index is 10.9. The fraction of sp³-hybridized carbons (Fsp3) is 0.571. The SMILES string of the molecule is CC(C)N1CCC(Nc2ccc(Cl)c([N+](=O)[O-])c2)CC1. The van der Waals surface area contributed by atoms with Crippen LogP contribution in [-0.4, -0.2) is 35.0 Å². The van der Waals surface area contributed by atoms with E-state index in [1.807, 2.05) is 0 Å². The van der Waals surface area contributed by atoms with E-state index in [9.17, 15) is 10.1 Å². The van der Waals surface area contributed by atoms with Gasteiger partial charge in [0.05, 0.1) is 4.92 Å². The highest BCUT2D eigenvalue weighted by Gasteiger charge is 2.21. The van der Waals surface area contributed by atoms with Crippen LogP contribution in [0.4, 0.5) is 11.4 Å². The van der Waals surface area contributed by atoms with E-state index < -0.39 is 4.92 Å². The van der Waals surface area contributed by atoms with Crippen molar-refractivity contribution in [2.45, 2.75) is 38.8 Å². The monoisotopic (exact) mass is 297 g/mol. The third-order valence-electron chi connectivity index (χ3n) is 3.77. The minimum atomic E-state index is -0.450. The molecule has 0 unspecified atom stereocenters. The Morgan fingerprint density at radius 1 is 1.40 bits per heavy atom. The Morgan fingerprint density at radius 3 is 2.60 bits per heavy atom. The summed E-state index contributed by atoms with van der Waals surface area (Å²) in [6.45, 7) is 6.53. The number of likely N-dealkylation sites (tertiary alicyclic amines) is 1. The zero-order valence-corrected chi connectivity index (χ0v) is 12.6. The molecule has 0 spiro atoms. The molecule has 2 rings (SSSR count). The number of halogens is 1. The van der Waals surface area contributed by atoms with E-state index in [4.69, 9.17) is 11.6 Å². The van der Waals surface area contributed by atoms with Gasteiger partial charge in [-0.2, -0.15) is 0 Å². The topological polar surface area (TPSA) is 58.4 Å². The molecule has 0 aliphatic carbocycles. The van der Waals surface area contributed by atoms with Gasteiger partial charge in [-0.25, -0.2) is 0 Å². The average Bonchev–Trinajstić information content (AvgIpc) is 2.41. The van der Waals surface area contributed by atoms with Gasteiger partial charge < -0.3 is 10.2 Å². The Hall–Kier alpha value is -1.33. The summed E-state index contributed by atoms with van der Waals surface area (Å²) in [5.41, 5.74) is 0.723. The molecule has 110 valence electrons. The molecular weight excluding hydrogens is 278 g/mol.